The molecule has 0 saturated heterocycles. The van der Waals surface area contributed by atoms with Gasteiger partial charge in [-0.15, -0.1) is 5.10 Å². The van der Waals surface area contributed by atoms with Crippen LogP contribution >= 0.6 is 0 Å². The van der Waals surface area contributed by atoms with E-state index in [2.05, 4.69) is 15.2 Å². The normalized spacial score (nSPS) is 24.7. The van der Waals surface area contributed by atoms with Crippen LogP contribution in [0, 0.1) is 13.8 Å². The van der Waals surface area contributed by atoms with E-state index in [-0.39, 0.29) is 12.1 Å². The Morgan fingerprint density at radius 3 is 2.47 bits per heavy atom. The molecule has 2 rings (SSSR count). The fraction of sp³-hybridized carbons (Fsp3) is 0.750. The lowest BCUT2D eigenvalue weighted by atomic mass is 9.92. The Bertz CT molecular complexity index is 396. The molecule has 1 N–H and O–H groups in total. The van der Waals surface area contributed by atoms with E-state index < -0.39 is 0 Å². The zero-order valence-corrected chi connectivity index (χ0v) is 10.7. The zero-order valence-electron chi connectivity index (χ0n) is 10.7. The Morgan fingerprint density at radius 2 is 1.82 bits per heavy atom. The first-order valence-electron chi connectivity index (χ1n) is 6.18. The summed E-state index contributed by atoms with van der Waals surface area (Å²) in [6, 6.07) is 0.118. The van der Waals surface area contributed by atoms with Gasteiger partial charge in [-0.25, -0.2) is 4.98 Å². The van der Waals surface area contributed by atoms with Crippen molar-refractivity contribution in [3.05, 3.63) is 11.4 Å². The van der Waals surface area contributed by atoms with Crippen molar-refractivity contribution in [2.75, 3.05) is 11.9 Å². The first-order valence-corrected chi connectivity index (χ1v) is 6.18. The van der Waals surface area contributed by atoms with Gasteiger partial charge in [-0.3, -0.25) is 0 Å². The molecule has 0 radical (unpaired) electrons. The van der Waals surface area contributed by atoms with Crippen LogP contribution in [0.25, 0.3) is 0 Å². The molecule has 2 atom stereocenters. The molecule has 0 bridgehead atoms. The molecule has 1 saturated carbocycles. The second kappa shape index (κ2) is 4.96. The monoisotopic (exact) mass is 236 g/mol. The van der Waals surface area contributed by atoms with Crippen molar-refractivity contribution in [3.8, 4) is 0 Å². The summed E-state index contributed by atoms with van der Waals surface area (Å²) >= 11 is 0. The molecule has 0 spiro atoms. The van der Waals surface area contributed by atoms with E-state index in [1.807, 2.05) is 25.8 Å². The van der Waals surface area contributed by atoms with Crippen LogP contribution in [0.2, 0.25) is 0 Å². The van der Waals surface area contributed by atoms with Gasteiger partial charge >= 0.3 is 0 Å². The SMILES string of the molecule is Cc1nnc(N(C)C2CCCCC2O)nc1C. The van der Waals surface area contributed by atoms with Crippen LogP contribution in [0.15, 0.2) is 0 Å². The highest BCUT2D eigenvalue weighted by atomic mass is 16.3. The Labute approximate surface area is 102 Å². The number of aromatic nitrogens is 3. The van der Waals surface area contributed by atoms with E-state index in [4.69, 9.17) is 0 Å². The average molecular weight is 236 g/mol. The summed E-state index contributed by atoms with van der Waals surface area (Å²) in [5, 5.41) is 18.2. The minimum atomic E-state index is -0.279. The van der Waals surface area contributed by atoms with Crippen molar-refractivity contribution in [3.63, 3.8) is 0 Å². The number of likely N-dealkylation sites (N-methyl/N-ethyl adjacent to an activating group) is 1. The molecule has 5 nitrogen and oxygen atoms in total. The van der Waals surface area contributed by atoms with Gasteiger partial charge in [0.05, 0.1) is 23.5 Å². The highest BCUT2D eigenvalue weighted by molar-refractivity contribution is 5.31. The van der Waals surface area contributed by atoms with Crippen molar-refractivity contribution in [2.45, 2.75) is 51.7 Å². The molecule has 1 aromatic heterocycles. The Morgan fingerprint density at radius 1 is 1.12 bits per heavy atom. The largest absolute Gasteiger partial charge is 0.391 e. The molecule has 1 heterocycles. The molecule has 0 aliphatic heterocycles. The molecular weight excluding hydrogens is 216 g/mol. The van der Waals surface area contributed by atoms with Crippen molar-refractivity contribution >= 4 is 5.95 Å². The van der Waals surface area contributed by atoms with Gasteiger partial charge in [0.15, 0.2) is 0 Å². The number of hydrogen-bond donors (Lipinski definition) is 1. The molecular formula is C12H20N4O. The number of aryl methyl sites for hydroxylation is 2. The number of aliphatic hydroxyl groups is 1. The maximum absolute atomic E-state index is 10.0. The molecule has 1 aliphatic carbocycles. The van der Waals surface area contributed by atoms with E-state index >= 15 is 0 Å². The van der Waals surface area contributed by atoms with E-state index in [0.29, 0.717) is 5.95 Å². The summed E-state index contributed by atoms with van der Waals surface area (Å²) in [6.45, 7) is 3.83. The third-order valence-electron chi connectivity index (χ3n) is 3.59. The van der Waals surface area contributed by atoms with Gasteiger partial charge in [-0.1, -0.05) is 12.8 Å². The summed E-state index contributed by atoms with van der Waals surface area (Å²) in [5.41, 5.74) is 1.75. The van der Waals surface area contributed by atoms with Crippen molar-refractivity contribution in [2.24, 2.45) is 0 Å². The summed E-state index contributed by atoms with van der Waals surface area (Å²) in [6.07, 6.45) is 3.85. The second-order valence-corrected chi connectivity index (χ2v) is 4.81. The zero-order chi connectivity index (χ0) is 12.4. The standard InChI is InChI=1S/C12H20N4O/c1-8-9(2)14-15-12(13-8)16(3)10-6-4-5-7-11(10)17/h10-11,17H,4-7H2,1-3H3. The van der Waals surface area contributed by atoms with Crippen LogP contribution in [-0.2, 0) is 0 Å². The van der Waals surface area contributed by atoms with Gasteiger partial charge in [0.25, 0.3) is 0 Å². The number of hydrogen-bond acceptors (Lipinski definition) is 5. The third kappa shape index (κ3) is 2.54. The maximum Gasteiger partial charge on any atom is 0.245 e. The quantitative estimate of drug-likeness (QED) is 0.836. The predicted octanol–water partition coefficient (Wildman–Crippen LogP) is 1.23. The van der Waals surface area contributed by atoms with E-state index in [9.17, 15) is 5.11 Å². The molecule has 0 amide bonds. The van der Waals surface area contributed by atoms with Gasteiger partial charge in [-0.2, -0.15) is 5.10 Å². The average Bonchev–Trinajstić information content (AvgIpc) is 2.32. The smallest absolute Gasteiger partial charge is 0.245 e. The van der Waals surface area contributed by atoms with Crippen LogP contribution in [0.3, 0.4) is 0 Å². The minimum Gasteiger partial charge on any atom is -0.391 e. The van der Waals surface area contributed by atoms with Crippen molar-refractivity contribution < 1.29 is 5.11 Å². The van der Waals surface area contributed by atoms with E-state index in [1.165, 1.54) is 0 Å². The number of nitrogens with zero attached hydrogens (tertiary/aromatic N) is 4. The molecule has 1 aromatic rings. The maximum atomic E-state index is 10.0. The van der Waals surface area contributed by atoms with Crippen LogP contribution < -0.4 is 4.90 Å². The van der Waals surface area contributed by atoms with Gasteiger partial charge in [0, 0.05) is 7.05 Å². The summed E-state index contributed by atoms with van der Waals surface area (Å²) < 4.78 is 0. The fourth-order valence-corrected chi connectivity index (χ4v) is 2.29. The first-order chi connectivity index (χ1) is 8.09. The predicted molar refractivity (Wildman–Crippen MR) is 66.0 cm³/mol. The molecule has 1 fully saturated rings. The Kier molecular flexibility index (Phi) is 3.57. The van der Waals surface area contributed by atoms with Crippen molar-refractivity contribution in [1.29, 1.82) is 0 Å². The molecule has 94 valence electrons. The molecule has 2 unspecified atom stereocenters. The second-order valence-electron chi connectivity index (χ2n) is 4.81. The number of anilines is 1. The van der Waals surface area contributed by atoms with Crippen LogP contribution in [0.1, 0.15) is 37.1 Å². The topological polar surface area (TPSA) is 62.1 Å². The third-order valence-corrected chi connectivity index (χ3v) is 3.59. The molecule has 1 aliphatic rings. The first kappa shape index (κ1) is 12.2. The Hall–Kier alpha value is -1.23. The van der Waals surface area contributed by atoms with Crippen molar-refractivity contribution in [1.82, 2.24) is 15.2 Å². The van der Waals surface area contributed by atoms with E-state index in [1.54, 1.807) is 0 Å². The van der Waals surface area contributed by atoms with Gasteiger partial charge in [0.2, 0.25) is 5.95 Å². The van der Waals surface area contributed by atoms with Gasteiger partial charge < -0.3 is 10.0 Å². The van der Waals surface area contributed by atoms with Crippen LogP contribution in [0.4, 0.5) is 5.95 Å². The van der Waals surface area contributed by atoms with Gasteiger partial charge in [0.1, 0.15) is 0 Å². The highest BCUT2D eigenvalue weighted by Crippen LogP contribution is 2.24. The summed E-state index contributed by atoms with van der Waals surface area (Å²) in [5.74, 6) is 0.610. The highest BCUT2D eigenvalue weighted by Gasteiger charge is 2.28. The number of rotatable bonds is 2. The van der Waals surface area contributed by atoms with Gasteiger partial charge in [-0.05, 0) is 26.7 Å². The summed E-state index contributed by atoms with van der Waals surface area (Å²) in [4.78, 5) is 6.39. The lowest BCUT2D eigenvalue weighted by Gasteiger charge is -2.34. The molecule has 17 heavy (non-hydrogen) atoms. The fourth-order valence-electron chi connectivity index (χ4n) is 2.29. The molecule has 0 aromatic carbocycles. The molecule has 5 heteroatoms. The van der Waals surface area contributed by atoms with Crippen LogP contribution in [0.5, 0.6) is 0 Å². The Balaban J connectivity index is 2.17. The lowest BCUT2D eigenvalue weighted by Crippen LogP contribution is -2.44. The summed E-state index contributed by atoms with van der Waals surface area (Å²) in [7, 11) is 1.94. The number of aliphatic hydroxyl groups excluding tert-OH is 1. The minimum absolute atomic E-state index is 0.118. The lowest BCUT2D eigenvalue weighted by molar-refractivity contribution is 0.105. The van der Waals surface area contributed by atoms with E-state index in [0.717, 1.165) is 37.1 Å². The van der Waals surface area contributed by atoms with Crippen LogP contribution in [-0.4, -0.2) is 39.5 Å².